The minimum absolute atomic E-state index is 0.947. The van der Waals surface area contributed by atoms with E-state index in [1.807, 2.05) is 30.3 Å². The molecule has 0 atom stereocenters. The zero-order valence-corrected chi connectivity index (χ0v) is 15.2. The van der Waals surface area contributed by atoms with E-state index in [1.54, 1.807) is 38.0 Å². The van der Waals surface area contributed by atoms with Crippen LogP contribution in [0.5, 0.6) is 0 Å². The van der Waals surface area contributed by atoms with Crippen LogP contribution < -0.4 is 0 Å². The Kier molecular flexibility index (Phi) is 4.41. The number of oxime groups is 2. The maximum atomic E-state index is 4.97. The summed E-state index contributed by atoms with van der Waals surface area (Å²) in [6.45, 7) is 0. The second-order valence-corrected chi connectivity index (χ2v) is 6.62. The van der Waals surface area contributed by atoms with Crippen LogP contribution in [0.15, 0.2) is 64.9 Å². The number of benzene rings is 2. The molecule has 5 nitrogen and oxygen atoms in total. The topological polar surface area (TPSA) is 47.6 Å². The first-order valence-electron chi connectivity index (χ1n) is 8.09. The van der Waals surface area contributed by atoms with Crippen molar-refractivity contribution in [2.45, 2.75) is 0 Å². The smallest absolute Gasteiger partial charge is 0.110 e. The van der Waals surface area contributed by atoms with E-state index >= 15 is 0 Å². The zero-order chi connectivity index (χ0) is 17.9. The van der Waals surface area contributed by atoms with E-state index in [-0.39, 0.29) is 0 Å². The molecule has 0 bridgehead atoms. The highest BCUT2D eigenvalue weighted by Crippen LogP contribution is 2.38. The first-order chi connectivity index (χ1) is 12.8. The number of hydrogen-bond acceptors (Lipinski definition) is 5. The molecule has 0 spiro atoms. The maximum Gasteiger partial charge on any atom is 0.110 e. The Labute approximate surface area is 154 Å². The lowest BCUT2D eigenvalue weighted by Crippen LogP contribution is -1.93. The molecule has 0 radical (unpaired) electrons. The number of aromatic nitrogens is 1. The van der Waals surface area contributed by atoms with E-state index in [2.05, 4.69) is 39.0 Å². The molecule has 0 aliphatic carbocycles. The summed E-state index contributed by atoms with van der Waals surface area (Å²) in [5, 5.41) is 8.08. The zero-order valence-electron chi connectivity index (χ0n) is 14.4. The molecule has 0 aliphatic heterocycles. The third kappa shape index (κ3) is 2.64. The number of para-hydroxylation sites is 1. The average molecular weight is 363 g/mol. The predicted octanol–water partition coefficient (Wildman–Crippen LogP) is 4.78. The first-order valence-corrected chi connectivity index (χ1v) is 8.91. The first kappa shape index (κ1) is 16.4. The molecule has 4 aromatic rings. The molecule has 0 saturated heterocycles. The summed E-state index contributed by atoms with van der Waals surface area (Å²) in [6, 6.07) is 18.5. The van der Waals surface area contributed by atoms with Crippen molar-refractivity contribution in [2.75, 3.05) is 14.2 Å². The van der Waals surface area contributed by atoms with Gasteiger partial charge in [0.05, 0.1) is 28.3 Å². The van der Waals surface area contributed by atoms with Gasteiger partial charge in [0.25, 0.3) is 0 Å². The molecule has 2 aromatic heterocycles. The molecule has 0 amide bonds. The highest BCUT2D eigenvalue weighted by atomic mass is 32.1. The standard InChI is InChI=1S/C20H17N3O2S/c1-24-21-12-15-19(14-8-4-3-5-9-14)17(13-22-25-2)23-16-10-6-7-11-18(16)26-20(15)23/h3-13H,1-2H3/b21-12+,22-13+. The highest BCUT2D eigenvalue weighted by Gasteiger charge is 2.21. The van der Waals surface area contributed by atoms with Gasteiger partial charge in [-0.25, -0.2) is 0 Å². The van der Waals surface area contributed by atoms with Crippen LogP contribution in [0.4, 0.5) is 0 Å². The number of thiazole rings is 1. The molecule has 6 heteroatoms. The van der Waals surface area contributed by atoms with Crippen molar-refractivity contribution in [1.82, 2.24) is 4.40 Å². The summed E-state index contributed by atoms with van der Waals surface area (Å²) >= 11 is 1.72. The minimum Gasteiger partial charge on any atom is -0.399 e. The highest BCUT2D eigenvalue weighted by molar-refractivity contribution is 7.24. The molecule has 130 valence electrons. The molecule has 4 rings (SSSR count). The Morgan fingerprint density at radius 3 is 2.35 bits per heavy atom. The lowest BCUT2D eigenvalue weighted by molar-refractivity contribution is 0.215. The molecule has 2 heterocycles. The van der Waals surface area contributed by atoms with Gasteiger partial charge in [-0.1, -0.05) is 52.8 Å². The minimum atomic E-state index is 0.947. The van der Waals surface area contributed by atoms with Gasteiger partial charge in [0.1, 0.15) is 19.0 Å². The summed E-state index contributed by atoms with van der Waals surface area (Å²) in [6.07, 6.45) is 3.51. The molecule has 0 fully saturated rings. The lowest BCUT2D eigenvalue weighted by atomic mass is 10.0. The Morgan fingerprint density at radius 1 is 0.885 bits per heavy atom. The third-order valence-corrected chi connectivity index (χ3v) is 5.30. The van der Waals surface area contributed by atoms with Crippen molar-refractivity contribution < 1.29 is 9.68 Å². The quantitative estimate of drug-likeness (QED) is 0.378. The van der Waals surface area contributed by atoms with Crippen molar-refractivity contribution in [3.05, 3.63) is 65.9 Å². The third-order valence-electron chi connectivity index (χ3n) is 4.14. The molecule has 0 unspecified atom stereocenters. The molecule has 0 saturated carbocycles. The van der Waals surface area contributed by atoms with Gasteiger partial charge in [-0.3, -0.25) is 4.40 Å². The molecular formula is C20H17N3O2S. The van der Waals surface area contributed by atoms with E-state index in [1.165, 1.54) is 4.70 Å². The SMILES string of the molecule is CO/N=C/c1c(-c2ccccc2)c(/C=N/OC)n2c1sc1ccccc12. The molecule has 0 N–H and O–H groups in total. The van der Waals surface area contributed by atoms with E-state index in [4.69, 9.17) is 9.68 Å². The Morgan fingerprint density at radius 2 is 1.58 bits per heavy atom. The summed E-state index contributed by atoms with van der Waals surface area (Å²) in [5.74, 6) is 0. The number of fused-ring (bicyclic) bond motifs is 3. The summed E-state index contributed by atoms with van der Waals surface area (Å²) in [5.41, 5.74) is 5.20. The maximum absolute atomic E-state index is 4.97. The normalized spacial score (nSPS) is 11.9. The fourth-order valence-electron chi connectivity index (χ4n) is 3.12. The average Bonchev–Trinajstić information content (AvgIpc) is 3.20. The van der Waals surface area contributed by atoms with Gasteiger partial charge in [0.15, 0.2) is 0 Å². The fraction of sp³-hybridized carbons (Fsp3) is 0.100. The van der Waals surface area contributed by atoms with Gasteiger partial charge in [-0.2, -0.15) is 0 Å². The molecule has 0 aliphatic rings. The van der Waals surface area contributed by atoms with E-state index in [9.17, 15) is 0 Å². The van der Waals surface area contributed by atoms with Crippen molar-refractivity contribution >= 4 is 38.8 Å². The lowest BCUT2D eigenvalue weighted by Gasteiger charge is -2.04. The number of nitrogens with zero attached hydrogens (tertiary/aromatic N) is 3. The Hall–Kier alpha value is -3.12. The van der Waals surface area contributed by atoms with E-state index in [0.717, 1.165) is 32.7 Å². The van der Waals surface area contributed by atoms with Crippen LogP contribution in [-0.2, 0) is 9.68 Å². The van der Waals surface area contributed by atoms with Crippen LogP contribution in [0.1, 0.15) is 11.3 Å². The van der Waals surface area contributed by atoms with Crippen molar-refractivity contribution in [3.8, 4) is 11.1 Å². The summed E-state index contributed by atoms with van der Waals surface area (Å²) in [4.78, 5) is 11.0. The molecular weight excluding hydrogens is 346 g/mol. The Balaban J connectivity index is 2.15. The number of rotatable bonds is 5. The fourth-order valence-corrected chi connectivity index (χ4v) is 4.29. The van der Waals surface area contributed by atoms with Crippen LogP contribution in [0, 0.1) is 0 Å². The van der Waals surface area contributed by atoms with Gasteiger partial charge < -0.3 is 9.68 Å². The Bertz CT molecular complexity index is 1110. The monoisotopic (exact) mass is 363 g/mol. The van der Waals surface area contributed by atoms with Gasteiger partial charge in [0, 0.05) is 11.1 Å². The van der Waals surface area contributed by atoms with Crippen molar-refractivity contribution in [2.24, 2.45) is 10.3 Å². The number of hydrogen-bond donors (Lipinski definition) is 0. The van der Waals surface area contributed by atoms with Crippen molar-refractivity contribution in [3.63, 3.8) is 0 Å². The van der Waals surface area contributed by atoms with Crippen LogP contribution in [-0.4, -0.2) is 31.0 Å². The second-order valence-electron chi connectivity index (χ2n) is 5.58. The largest absolute Gasteiger partial charge is 0.399 e. The van der Waals surface area contributed by atoms with Gasteiger partial charge in [-0.05, 0) is 17.7 Å². The van der Waals surface area contributed by atoms with Crippen LogP contribution in [0.25, 0.3) is 26.2 Å². The van der Waals surface area contributed by atoms with E-state index < -0.39 is 0 Å². The van der Waals surface area contributed by atoms with Gasteiger partial charge >= 0.3 is 0 Å². The molecule has 26 heavy (non-hydrogen) atoms. The summed E-state index contributed by atoms with van der Waals surface area (Å²) in [7, 11) is 3.09. The molecule has 2 aromatic carbocycles. The van der Waals surface area contributed by atoms with Crippen LogP contribution in [0.3, 0.4) is 0 Å². The predicted molar refractivity (Wildman–Crippen MR) is 107 cm³/mol. The van der Waals surface area contributed by atoms with Gasteiger partial charge in [-0.15, -0.1) is 11.3 Å². The second kappa shape index (κ2) is 7.01. The van der Waals surface area contributed by atoms with Gasteiger partial charge in [0.2, 0.25) is 0 Å². The van der Waals surface area contributed by atoms with Crippen molar-refractivity contribution in [1.29, 1.82) is 0 Å². The van der Waals surface area contributed by atoms with E-state index in [0.29, 0.717) is 0 Å². The van der Waals surface area contributed by atoms with Crippen LogP contribution >= 0.6 is 11.3 Å². The summed E-state index contributed by atoms with van der Waals surface area (Å²) < 4.78 is 3.39. The van der Waals surface area contributed by atoms with Crippen LogP contribution in [0.2, 0.25) is 0 Å².